The molecule has 1 aliphatic heterocycles. The molecule has 0 saturated carbocycles. The quantitative estimate of drug-likeness (QED) is 0.791. The Balaban J connectivity index is 1.95. The highest BCUT2D eigenvalue weighted by atomic mass is 16.6. The van der Waals surface area contributed by atoms with Gasteiger partial charge in [-0.05, 0) is 57.0 Å². The summed E-state index contributed by atoms with van der Waals surface area (Å²) in [6, 6.07) is 5.42. The summed E-state index contributed by atoms with van der Waals surface area (Å²) in [6.45, 7) is 9.64. The largest absolute Gasteiger partial charge is 0.443 e. The number of carbonyl (C=O) groups is 3. The second kappa shape index (κ2) is 8.03. The van der Waals surface area contributed by atoms with Crippen LogP contribution in [0.2, 0.25) is 0 Å². The van der Waals surface area contributed by atoms with Crippen molar-refractivity contribution in [2.24, 2.45) is 0 Å². The Bertz CT molecular complexity index is 722. The van der Waals surface area contributed by atoms with Gasteiger partial charge >= 0.3 is 6.09 Å². The summed E-state index contributed by atoms with van der Waals surface area (Å²) >= 11 is 0. The fourth-order valence-corrected chi connectivity index (χ4v) is 2.58. The second-order valence-corrected chi connectivity index (χ2v) is 7.02. The average Bonchev–Trinajstić information content (AvgIpc) is 2.96. The van der Waals surface area contributed by atoms with Crippen LogP contribution in [0.3, 0.4) is 0 Å². The van der Waals surface area contributed by atoms with Crippen LogP contribution in [0.4, 0.5) is 16.2 Å². The van der Waals surface area contributed by atoms with Gasteiger partial charge in [-0.15, -0.1) is 0 Å². The van der Waals surface area contributed by atoms with Crippen LogP contribution in [0.5, 0.6) is 0 Å². The maximum atomic E-state index is 12.3. The van der Waals surface area contributed by atoms with Gasteiger partial charge in [-0.1, -0.05) is 6.58 Å². The first kappa shape index (κ1) is 19.5. The minimum Gasteiger partial charge on any atom is -0.443 e. The monoisotopic (exact) mass is 359 g/mol. The lowest BCUT2D eigenvalue weighted by molar-refractivity contribution is -0.117. The minimum atomic E-state index is -0.547. The highest BCUT2D eigenvalue weighted by molar-refractivity contribution is 5.94. The first-order valence-electron chi connectivity index (χ1n) is 8.53. The van der Waals surface area contributed by atoms with Gasteiger partial charge in [0.2, 0.25) is 11.8 Å². The van der Waals surface area contributed by atoms with Crippen LogP contribution in [-0.2, 0) is 20.7 Å². The summed E-state index contributed by atoms with van der Waals surface area (Å²) < 4.78 is 5.42. The molecule has 0 aliphatic carbocycles. The first-order chi connectivity index (χ1) is 12.2. The fraction of sp³-hybridized carbons (Fsp3) is 0.421. The molecule has 1 heterocycles. The molecule has 1 aliphatic rings. The number of hydrogen-bond donors (Lipinski definition) is 2. The van der Waals surface area contributed by atoms with E-state index in [-0.39, 0.29) is 30.9 Å². The van der Waals surface area contributed by atoms with Gasteiger partial charge in [-0.2, -0.15) is 0 Å². The van der Waals surface area contributed by atoms with Crippen molar-refractivity contribution in [3.63, 3.8) is 0 Å². The van der Waals surface area contributed by atoms with E-state index in [0.29, 0.717) is 18.7 Å². The van der Waals surface area contributed by atoms with Crippen LogP contribution in [0.15, 0.2) is 30.9 Å². The molecule has 1 aromatic carbocycles. The summed E-state index contributed by atoms with van der Waals surface area (Å²) in [5, 5.41) is 5.35. The Morgan fingerprint density at radius 2 is 2.04 bits per heavy atom. The van der Waals surface area contributed by atoms with Crippen LogP contribution < -0.4 is 15.5 Å². The summed E-state index contributed by atoms with van der Waals surface area (Å²) in [5.74, 6) is -0.506. The smallest absolute Gasteiger partial charge is 0.414 e. The molecule has 0 radical (unpaired) electrons. The summed E-state index contributed by atoms with van der Waals surface area (Å²) in [5.41, 5.74) is 1.90. The molecule has 1 aromatic rings. The Labute approximate surface area is 153 Å². The van der Waals surface area contributed by atoms with E-state index < -0.39 is 5.60 Å². The number of anilines is 2. The molecule has 0 spiro atoms. The third-order valence-corrected chi connectivity index (χ3v) is 3.71. The lowest BCUT2D eigenvalue weighted by Gasteiger charge is -2.24. The van der Waals surface area contributed by atoms with E-state index in [1.54, 1.807) is 17.0 Å². The van der Waals surface area contributed by atoms with Crippen molar-refractivity contribution >= 4 is 29.3 Å². The van der Waals surface area contributed by atoms with Crippen molar-refractivity contribution in [1.29, 1.82) is 0 Å². The molecular weight excluding hydrogens is 334 g/mol. The molecule has 7 heteroatoms. The third-order valence-electron chi connectivity index (χ3n) is 3.71. The van der Waals surface area contributed by atoms with Gasteiger partial charge < -0.3 is 15.4 Å². The van der Waals surface area contributed by atoms with Crippen molar-refractivity contribution in [2.75, 3.05) is 23.3 Å². The predicted molar refractivity (Wildman–Crippen MR) is 100 cm³/mol. The maximum Gasteiger partial charge on any atom is 0.414 e. The van der Waals surface area contributed by atoms with E-state index >= 15 is 0 Å². The lowest BCUT2D eigenvalue weighted by atomic mass is 10.1. The predicted octanol–water partition coefficient (Wildman–Crippen LogP) is 2.62. The van der Waals surface area contributed by atoms with Crippen LogP contribution in [0, 0.1) is 0 Å². The summed E-state index contributed by atoms with van der Waals surface area (Å²) in [4.78, 5) is 36.9. The van der Waals surface area contributed by atoms with Crippen molar-refractivity contribution in [2.45, 2.75) is 39.2 Å². The SMILES string of the molecule is C=CC(=O)NCCC(=O)Nc1ccc2c(c1)CCN2C(=O)OC(C)(C)C. The molecule has 0 fully saturated rings. The van der Waals surface area contributed by atoms with Gasteiger partial charge in [0.25, 0.3) is 0 Å². The molecule has 140 valence electrons. The topological polar surface area (TPSA) is 87.7 Å². The number of benzene rings is 1. The first-order valence-corrected chi connectivity index (χ1v) is 8.53. The van der Waals surface area contributed by atoms with E-state index in [1.165, 1.54) is 0 Å². The van der Waals surface area contributed by atoms with E-state index in [2.05, 4.69) is 17.2 Å². The standard InChI is InChI=1S/C19H25N3O4/c1-5-16(23)20-10-8-17(24)21-14-6-7-15-13(12-14)9-11-22(15)18(25)26-19(2,3)4/h5-7,12H,1,8-11H2,2-4H3,(H,20,23)(H,21,24). The van der Waals surface area contributed by atoms with Crippen LogP contribution in [0.25, 0.3) is 0 Å². The number of amides is 3. The Kier molecular flexibility index (Phi) is 6.02. The number of ether oxygens (including phenoxy) is 1. The van der Waals surface area contributed by atoms with Gasteiger partial charge in [-0.25, -0.2) is 4.79 Å². The zero-order valence-electron chi connectivity index (χ0n) is 15.4. The number of hydrogen-bond acceptors (Lipinski definition) is 4. The van der Waals surface area contributed by atoms with E-state index in [1.807, 2.05) is 26.8 Å². The molecule has 2 rings (SSSR count). The molecule has 26 heavy (non-hydrogen) atoms. The molecule has 2 N–H and O–H groups in total. The molecule has 0 aromatic heterocycles. The summed E-state index contributed by atoms with van der Waals surface area (Å²) in [7, 11) is 0. The van der Waals surface area contributed by atoms with Gasteiger partial charge in [0, 0.05) is 25.2 Å². The summed E-state index contributed by atoms with van der Waals surface area (Å²) in [6.07, 6.45) is 1.66. The van der Waals surface area contributed by atoms with Gasteiger partial charge in [0.15, 0.2) is 0 Å². The van der Waals surface area contributed by atoms with Crippen molar-refractivity contribution < 1.29 is 19.1 Å². The van der Waals surface area contributed by atoms with Crippen LogP contribution >= 0.6 is 0 Å². The third kappa shape index (κ3) is 5.34. The van der Waals surface area contributed by atoms with E-state index in [4.69, 9.17) is 4.74 Å². The molecule has 7 nitrogen and oxygen atoms in total. The maximum absolute atomic E-state index is 12.3. The molecule has 3 amide bonds. The molecule has 0 atom stereocenters. The molecular formula is C19H25N3O4. The molecule has 0 saturated heterocycles. The molecule has 0 unspecified atom stereocenters. The van der Waals surface area contributed by atoms with Crippen molar-refractivity contribution in [3.8, 4) is 0 Å². The number of fused-ring (bicyclic) bond motifs is 1. The number of nitrogens with one attached hydrogen (secondary N) is 2. The van der Waals surface area contributed by atoms with Gasteiger partial charge in [0.1, 0.15) is 5.60 Å². The Hall–Kier alpha value is -2.83. The Morgan fingerprint density at radius 1 is 1.31 bits per heavy atom. The molecule has 0 bridgehead atoms. The van der Waals surface area contributed by atoms with E-state index in [9.17, 15) is 14.4 Å². The Morgan fingerprint density at radius 3 is 2.69 bits per heavy atom. The highest BCUT2D eigenvalue weighted by Crippen LogP contribution is 2.31. The van der Waals surface area contributed by atoms with E-state index in [0.717, 1.165) is 17.3 Å². The zero-order valence-corrected chi connectivity index (χ0v) is 15.4. The van der Waals surface area contributed by atoms with Crippen LogP contribution in [0.1, 0.15) is 32.8 Å². The second-order valence-electron chi connectivity index (χ2n) is 7.02. The number of carbonyl (C=O) groups excluding carboxylic acids is 3. The average molecular weight is 359 g/mol. The van der Waals surface area contributed by atoms with Gasteiger partial charge in [0.05, 0.1) is 5.69 Å². The zero-order chi connectivity index (χ0) is 19.3. The minimum absolute atomic E-state index is 0.167. The fourth-order valence-electron chi connectivity index (χ4n) is 2.58. The van der Waals surface area contributed by atoms with Crippen molar-refractivity contribution in [1.82, 2.24) is 5.32 Å². The highest BCUT2D eigenvalue weighted by Gasteiger charge is 2.29. The van der Waals surface area contributed by atoms with Crippen LogP contribution in [-0.4, -0.2) is 36.6 Å². The number of rotatable bonds is 5. The van der Waals surface area contributed by atoms with Crippen molar-refractivity contribution in [3.05, 3.63) is 36.4 Å². The lowest BCUT2D eigenvalue weighted by Crippen LogP contribution is -2.35. The normalized spacial score (nSPS) is 13.0. The van der Waals surface area contributed by atoms with Gasteiger partial charge in [-0.3, -0.25) is 14.5 Å². The number of nitrogens with zero attached hydrogens (tertiary/aromatic N) is 1.